The summed E-state index contributed by atoms with van der Waals surface area (Å²) in [4.78, 5) is 20.9. The van der Waals surface area contributed by atoms with Crippen LogP contribution in [-0.2, 0) is 11.0 Å². The first-order valence-electron chi connectivity index (χ1n) is 13.3. The Labute approximate surface area is 253 Å². The van der Waals surface area contributed by atoms with Gasteiger partial charge in [-0.1, -0.05) is 0 Å². The number of alkyl halides is 3. The summed E-state index contributed by atoms with van der Waals surface area (Å²) in [5, 5.41) is 31.0. The van der Waals surface area contributed by atoms with Gasteiger partial charge in [0.05, 0.1) is 30.5 Å². The van der Waals surface area contributed by atoms with Gasteiger partial charge >= 0.3 is 6.18 Å². The van der Waals surface area contributed by atoms with E-state index in [-0.39, 0.29) is 46.3 Å². The zero-order chi connectivity index (χ0) is 32.7. The molecule has 0 saturated heterocycles. The molecule has 1 unspecified atom stereocenters. The largest absolute Gasteiger partial charge is 0.494 e. The van der Waals surface area contributed by atoms with Crippen LogP contribution in [0.2, 0.25) is 0 Å². The molecule has 4 aromatic rings. The number of methoxy groups -OCH3 is 1. The number of carbonyl (C=O) groups excluding carboxylic acids is 1. The van der Waals surface area contributed by atoms with E-state index in [1.54, 1.807) is 19.2 Å². The van der Waals surface area contributed by atoms with Crippen molar-refractivity contribution >= 4 is 22.6 Å². The van der Waals surface area contributed by atoms with Crippen LogP contribution in [0.15, 0.2) is 53.5 Å². The van der Waals surface area contributed by atoms with Crippen LogP contribution in [0.25, 0.3) is 22.2 Å². The molecule has 2 aromatic carbocycles. The Morgan fingerprint density at radius 1 is 1.22 bits per heavy atom. The highest BCUT2D eigenvalue weighted by Crippen LogP contribution is 2.48. The minimum absolute atomic E-state index is 0.0131. The average Bonchev–Trinajstić information content (AvgIpc) is 3.36. The number of hydrogen-bond donors (Lipinski definition) is 3. The van der Waals surface area contributed by atoms with E-state index in [4.69, 9.17) is 20.5 Å². The maximum absolute atomic E-state index is 14.8. The van der Waals surface area contributed by atoms with Gasteiger partial charge in [0.2, 0.25) is 11.8 Å². The van der Waals surface area contributed by atoms with Crippen molar-refractivity contribution in [3.63, 3.8) is 0 Å². The molecule has 4 N–H and O–H groups in total. The van der Waals surface area contributed by atoms with Gasteiger partial charge < -0.3 is 25.6 Å². The molecule has 3 heterocycles. The van der Waals surface area contributed by atoms with Crippen LogP contribution in [0.4, 0.5) is 17.6 Å². The molecule has 2 aromatic heterocycles. The van der Waals surface area contributed by atoms with Gasteiger partial charge in [0.15, 0.2) is 0 Å². The number of hydrogen-bond acceptors (Lipinski definition) is 9. The fourth-order valence-electron chi connectivity index (χ4n) is 4.95. The van der Waals surface area contributed by atoms with Gasteiger partial charge in [-0.25, -0.2) is 9.37 Å². The van der Waals surface area contributed by atoms with Gasteiger partial charge in [0.25, 0.3) is 5.91 Å². The van der Waals surface area contributed by atoms with Crippen LogP contribution in [0, 0.1) is 24.2 Å². The van der Waals surface area contributed by atoms with Crippen molar-refractivity contribution in [3.8, 4) is 28.9 Å². The number of aliphatic imine (C=N–C) groups is 1. The van der Waals surface area contributed by atoms with Crippen LogP contribution in [-0.4, -0.2) is 58.5 Å². The Balaban J connectivity index is 1.61. The van der Waals surface area contributed by atoms with Crippen molar-refractivity contribution in [3.05, 3.63) is 76.9 Å². The number of ether oxygens (including phenoxy) is 2. The van der Waals surface area contributed by atoms with Crippen molar-refractivity contribution in [1.29, 1.82) is 5.26 Å². The van der Waals surface area contributed by atoms with Crippen LogP contribution in [0.3, 0.4) is 0 Å². The lowest BCUT2D eigenvalue weighted by molar-refractivity contribution is -0.265. The molecule has 15 heteroatoms. The molecule has 0 saturated carbocycles. The standard InChI is InChI=1S/C30H25F4N7O4/c1-15-8-17-9-18(10-21(44-3)23(17)41-40-15)26(42)37-12-29(43,30(32,33)34)22-11-20-25(45-13-28(20,2)27(36)38-14-35)24(39-22)16-4-6-19(31)7-5-16/h4-11,43H,12-13H2,1-3H3,(H2,36,38)(H,37,42)/t28-,29?/m0/s1. The molecule has 0 spiro atoms. The van der Waals surface area contributed by atoms with E-state index < -0.39 is 41.2 Å². The highest BCUT2D eigenvalue weighted by atomic mass is 19.4. The first-order chi connectivity index (χ1) is 21.2. The van der Waals surface area contributed by atoms with Gasteiger partial charge in [-0.2, -0.15) is 28.5 Å². The summed E-state index contributed by atoms with van der Waals surface area (Å²) < 4.78 is 69.1. The number of aryl methyl sites for hydroxylation is 1. The third kappa shape index (κ3) is 5.44. The van der Waals surface area contributed by atoms with Crippen molar-refractivity contribution < 1.29 is 36.9 Å². The number of aliphatic hydroxyl groups is 1. The molecule has 0 radical (unpaired) electrons. The summed E-state index contributed by atoms with van der Waals surface area (Å²) in [5.74, 6) is -1.63. The number of aromatic nitrogens is 3. The number of amides is 1. The molecule has 0 fully saturated rings. The van der Waals surface area contributed by atoms with E-state index in [1.807, 2.05) is 0 Å². The number of nitriles is 1. The number of nitrogens with zero attached hydrogens (tertiary/aromatic N) is 5. The van der Waals surface area contributed by atoms with Crippen LogP contribution in [0.5, 0.6) is 11.5 Å². The minimum atomic E-state index is -5.36. The first kappa shape index (κ1) is 31.1. The van der Waals surface area contributed by atoms with Crippen molar-refractivity contribution in [2.45, 2.75) is 31.0 Å². The van der Waals surface area contributed by atoms with Gasteiger partial charge in [0.1, 0.15) is 41.0 Å². The summed E-state index contributed by atoms with van der Waals surface area (Å²) in [6, 6.07) is 9.99. The zero-order valence-corrected chi connectivity index (χ0v) is 24.0. The molecular weight excluding hydrogens is 598 g/mol. The van der Waals surface area contributed by atoms with E-state index in [0.29, 0.717) is 16.6 Å². The van der Waals surface area contributed by atoms with Gasteiger partial charge in [-0.3, -0.25) is 4.79 Å². The lowest BCUT2D eigenvalue weighted by atomic mass is 9.81. The number of benzene rings is 2. The lowest BCUT2D eigenvalue weighted by Crippen LogP contribution is -2.51. The zero-order valence-electron chi connectivity index (χ0n) is 24.0. The lowest BCUT2D eigenvalue weighted by Gasteiger charge is -2.31. The Bertz CT molecular complexity index is 1890. The number of nitrogens with two attached hydrogens (primary N) is 1. The second kappa shape index (κ2) is 11.3. The van der Waals surface area contributed by atoms with Crippen molar-refractivity contribution in [2.75, 3.05) is 20.3 Å². The number of pyridine rings is 1. The number of rotatable bonds is 7. The summed E-state index contributed by atoms with van der Waals surface area (Å²) in [6.07, 6.45) is -3.81. The van der Waals surface area contributed by atoms with Gasteiger partial charge in [0, 0.05) is 22.1 Å². The summed E-state index contributed by atoms with van der Waals surface area (Å²) in [6.45, 7) is 1.61. The number of amidine groups is 1. The second-order valence-corrected chi connectivity index (χ2v) is 10.6. The number of fused-ring (bicyclic) bond motifs is 2. The molecule has 1 aliphatic heterocycles. The summed E-state index contributed by atoms with van der Waals surface area (Å²) in [5.41, 5.74) is 0.886. The monoisotopic (exact) mass is 623 g/mol. The van der Waals surface area contributed by atoms with Crippen molar-refractivity contribution in [1.82, 2.24) is 20.5 Å². The highest BCUT2D eigenvalue weighted by molar-refractivity contribution is 6.00. The molecule has 1 aliphatic rings. The Morgan fingerprint density at radius 3 is 2.58 bits per heavy atom. The van der Waals surface area contributed by atoms with Gasteiger partial charge in [-0.05, 0) is 62.4 Å². The average molecular weight is 624 g/mol. The first-order valence-corrected chi connectivity index (χ1v) is 13.3. The molecule has 0 aliphatic carbocycles. The number of nitrogens with one attached hydrogen (secondary N) is 1. The molecule has 0 bridgehead atoms. The maximum Gasteiger partial charge on any atom is 0.424 e. The molecule has 11 nitrogen and oxygen atoms in total. The number of halogens is 4. The summed E-state index contributed by atoms with van der Waals surface area (Å²) in [7, 11) is 1.34. The fourth-order valence-corrected chi connectivity index (χ4v) is 4.95. The number of carbonyl (C=O) groups is 1. The third-order valence-corrected chi connectivity index (χ3v) is 7.58. The topological polar surface area (TPSA) is 169 Å². The molecule has 2 atom stereocenters. The Hall–Kier alpha value is -5.36. The predicted octanol–water partition coefficient (Wildman–Crippen LogP) is 3.82. The third-order valence-electron chi connectivity index (χ3n) is 7.58. The van der Waals surface area contributed by atoms with E-state index in [9.17, 15) is 27.5 Å². The van der Waals surface area contributed by atoms with E-state index in [1.165, 1.54) is 38.3 Å². The summed E-state index contributed by atoms with van der Waals surface area (Å²) >= 11 is 0. The molecule has 45 heavy (non-hydrogen) atoms. The smallest absolute Gasteiger partial charge is 0.424 e. The van der Waals surface area contributed by atoms with Crippen LogP contribution in [0.1, 0.15) is 34.2 Å². The molecule has 1 amide bonds. The molecule has 5 rings (SSSR count). The predicted molar refractivity (Wildman–Crippen MR) is 153 cm³/mol. The van der Waals surface area contributed by atoms with E-state index in [2.05, 4.69) is 25.5 Å². The van der Waals surface area contributed by atoms with Gasteiger partial charge in [-0.15, -0.1) is 5.10 Å². The van der Waals surface area contributed by atoms with E-state index >= 15 is 0 Å². The normalized spacial score (nSPS) is 17.6. The minimum Gasteiger partial charge on any atom is -0.494 e. The SMILES string of the molecule is COc1cc(C(=O)NCC(O)(c2cc3c(c(-c4ccc(F)cc4)n2)OC[C@]3(C)/C(N)=N/C#N)C(F)(F)F)cc2cc(C)nnc12. The van der Waals surface area contributed by atoms with Crippen LogP contribution >= 0.6 is 0 Å². The van der Waals surface area contributed by atoms with Crippen molar-refractivity contribution in [2.24, 2.45) is 10.7 Å². The Kier molecular flexibility index (Phi) is 7.80. The maximum atomic E-state index is 14.8. The van der Waals surface area contributed by atoms with E-state index in [0.717, 1.165) is 18.2 Å². The van der Waals surface area contributed by atoms with Crippen LogP contribution < -0.4 is 20.5 Å². The Morgan fingerprint density at radius 2 is 1.93 bits per heavy atom. The quantitative estimate of drug-likeness (QED) is 0.120. The molecule has 232 valence electrons. The molecular formula is C30H25F4N7O4. The second-order valence-electron chi connectivity index (χ2n) is 10.6. The fraction of sp³-hybridized carbons (Fsp3) is 0.267. The highest BCUT2D eigenvalue weighted by Gasteiger charge is 2.57.